The number of carbonyl (C=O) groups is 1. The summed E-state index contributed by atoms with van der Waals surface area (Å²) in [5, 5.41) is 6.17. The second-order valence-electron chi connectivity index (χ2n) is 5.00. The van der Waals surface area contributed by atoms with E-state index in [2.05, 4.69) is 29.7 Å². The molecule has 1 amide bonds. The Morgan fingerprint density at radius 1 is 1.33 bits per heavy atom. The van der Waals surface area contributed by atoms with Crippen molar-refractivity contribution in [2.75, 3.05) is 11.9 Å². The number of hydrogen-bond acceptors (Lipinski definition) is 2. The van der Waals surface area contributed by atoms with Crippen LogP contribution in [0.1, 0.15) is 37.8 Å². The summed E-state index contributed by atoms with van der Waals surface area (Å²) in [6.07, 6.45) is 4.60. The Bertz CT molecular complexity index is 429. The molecule has 0 aliphatic heterocycles. The van der Waals surface area contributed by atoms with Crippen LogP contribution in [-0.4, -0.2) is 18.5 Å². The molecule has 0 radical (unpaired) electrons. The zero-order valence-electron chi connectivity index (χ0n) is 11.3. The summed E-state index contributed by atoms with van der Waals surface area (Å²) in [4.78, 5) is 11.9. The van der Waals surface area contributed by atoms with E-state index in [4.69, 9.17) is 0 Å². The number of anilines is 1. The van der Waals surface area contributed by atoms with E-state index in [1.807, 2.05) is 13.0 Å². The van der Waals surface area contributed by atoms with Crippen LogP contribution in [0.3, 0.4) is 0 Å². The molecule has 3 heteroatoms. The van der Waals surface area contributed by atoms with E-state index in [0.717, 1.165) is 25.1 Å². The lowest BCUT2D eigenvalue weighted by Crippen LogP contribution is -2.38. The first-order valence-corrected chi connectivity index (χ1v) is 6.86. The smallest absolute Gasteiger partial charge is 0.241 e. The molecule has 98 valence electrons. The average Bonchev–Trinajstić information content (AvgIpc) is 2.83. The number of benzene rings is 1. The van der Waals surface area contributed by atoms with Crippen molar-refractivity contribution < 1.29 is 4.79 Å². The van der Waals surface area contributed by atoms with Gasteiger partial charge in [-0.3, -0.25) is 4.79 Å². The van der Waals surface area contributed by atoms with Gasteiger partial charge in [0.2, 0.25) is 5.91 Å². The zero-order valence-corrected chi connectivity index (χ0v) is 11.3. The molecule has 0 saturated carbocycles. The van der Waals surface area contributed by atoms with Crippen LogP contribution >= 0.6 is 0 Å². The van der Waals surface area contributed by atoms with Crippen molar-refractivity contribution in [1.29, 1.82) is 0 Å². The largest absolute Gasteiger partial charge is 0.325 e. The van der Waals surface area contributed by atoms with Crippen molar-refractivity contribution in [2.45, 2.75) is 45.6 Å². The van der Waals surface area contributed by atoms with Gasteiger partial charge >= 0.3 is 0 Å². The molecule has 2 rings (SSSR count). The zero-order chi connectivity index (χ0) is 13.0. The first-order chi connectivity index (χ1) is 8.70. The number of fused-ring (bicyclic) bond motifs is 1. The van der Waals surface area contributed by atoms with E-state index in [1.54, 1.807) is 0 Å². The van der Waals surface area contributed by atoms with Gasteiger partial charge in [0.05, 0.1) is 6.04 Å². The van der Waals surface area contributed by atoms with Crippen LogP contribution in [0.2, 0.25) is 0 Å². The van der Waals surface area contributed by atoms with Crippen LogP contribution < -0.4 is 10.6 Å². The van der Waals surface area contributed by atoms with Crippen molar-refractivity contribution in [3.63, 3.8) is 0 Å². The van der Waals surface area contributed by atoms with Crippen molar-refractivity contribution in [1.82, 2.24) is 5.32 Å². The maximum absolute atomic E-state index is 11.9. The SMILES string of the molecule is CCCNC(C)C(=O)Nc1ccc2c(c1)CCC2. The fourth-order valence-electron chi connectivity index (χ4n) is 2.35. The van der Waals surface area contributed by atoms with E-state index >= 15 is 0 Å². The van der Waals surface area contributed by atoms with Crippen LogP contribution in [-0.2, 0) is 17.6 Å². The Morgan fingerprint density at radius 3 is 2.89 bits per heavy atom. The molecule has 1 aliphatic carbocycles. The van der Waals surface area contributed by atoms with Gasteiger partial charge < -0.3 is 10.6 Å². The molecule has 3 nitrogen and oxygen atoms in total. The molecule has 0 fully saturated rings. The third-order valence-corrected chi connectivity index (χ3v) is 3.46. The third-order valence-electron chi connectivity index (χ3n) is 3.46. The lowest BCUT2D eigenvalue weighted by atomic mass is 10.1. The van der Waals surface area contributed by atoms with Crippen LogP contribution in [0.15, 0.2) is 18.2 Å². The second-order valence-corrected chi connectivity index (χ2v) is 5.00. The number of aryl methyl sites for hydroxylation is 2. The summed E-state index contributed by atoms with van der Waals surface area (Å²) >= 11 is 0. The molecule has 1 aliphatic rings. The molecule has 1 aromatic carbocycles. The first-order valence-electron chi connectivity index (χ1n) is 6.86. The van der Waals surface area contributed by atoms with Crippen molar-refractivity contribution >= 4 is 11.6 Å². The quantitative estimate of drug-likeness (QED) is 0.838. The van der Waals surface area contributed by atoms with Gasteiger partial charge in [-0.2, -0.15) is 0 Å². The van der Waals surface area contributed by atoms with Crippen LogP contribution in [0.5, 0.6) is 0 Å². The molecule has 1 unspecified atom stereocenters. The van der Waals surface area contributed by atoms with Gasteiger partial charge in [-0.1, -0.05) is 13.0 Å². The molecule has 0 saturated heterocycles. The molecular formula is C15H22N2O. The highest BCUT2D eigenvalue weighted by molar-refractivity contribution is 5.94. The van der Waals surface area contributed by atoms with Crippen LogP contribution in [0.25, 0.3) is 0 Å². The number of hydrogen-bond donors (Lipinski definition) is 2. The fourth-order valence-corrected chi connectivity index (χ4v) is 2.35. The van der Waals surface area contributed by atoms with Gasteiger partial charge in [-0.25, -0.2) is 0 Å². The van der Waals surface area contributed by atoms with Gasteiger partial charge in [-0.05, 0) is 62.4 Å². The van der Waals surface area contributed by atoms with E-state index < -0.39 is 0 Å². The Morgan fingerprint density at radius 2 is 2.11 bits per heavy atom. The Hall–Kier alpha value is -1.35. The second kappa shape index (κ2) is 6.01. The molecule has 1 atom stereocenters. The average molecular weight is 246 g/mol. The maximum atomic E-state index is 11.9. The summed E-state index contributed by atoms with van der Waals surface area (Å²) in [5.41, 5.74) is 3.75. The normalized spacial score (nSPS) is 15.2. The van der Waals surface area contributed by atoms with E-state index in [-0.39, 0.29) is 11.9 Å². The summed E-state index contributed by atoms with van der Waals surface area (Å²) in [6, 6.07) is 6.13. The van der Waals surface area contributed by atoms with Gasteiger partial charge in [0.25, 0.3) is 0 Å². The molecular weight excluding hydrogens is 224 g/mol. The third kappa shape index (κ3) is 3.10. The van der Waals surface area contributed by atoms with Gasteiger partial charge in [-0.15, -0.1) is 0 Å². The number of nitrogens with one attached hydrogen (secondary N) is 2. The predicted molar refractivity (Wildman–Crippen MR) is 74.9 cm³/mol. The van der Waals surface area contributed by atoms with Crippen molar-refractivity contribution in [2.24, 2.45) is 0 Å². The van der Waals surface area contributed by atoms with E-state index in [0.29, 0.717) is 0 Å². The molecule has 1 aromatic rings. The van der Waals surface area contributed by atoms with E-state index in [9.17, 15) is 4.79 Å². The van der Waals surface area contributed by atoms with Gasteiger partial charge in [0.1, 0.15) is 0 Å². The lowest BCUT2D eigenvalue weighted by molar-refractivity contribution is -0.117. The summed E-state index contributed by atoms with van der Waals surface area (Å²) in [6.45, 7) is 4.87. The minimum atomic E-state index is -0.141. The van der Waals surface area contributed by atoms with E-state index in [1.165, 1.54) is 24.0 Å². The first kappa shape index (κ1) is 13.1. The number of rotatable bonds is 5. The molecule has 18 heavy (non-hydrogen) atoms. The molecule has 0 bridgehead atoms. The summed E-state index contributed by atoms with van der Waals surface area (Å²) in [7, 11) is 0. The highest BCUT2D eigenvalue weighted by atomic mass is 16.2. The molecule has 0 heterocycles. The van der Waals surface area contributed by atoms with Crippen molar-refractivity contribution in [3.05, 3.63) is 29.3 Å². The molecule has 0 aromatic heterocycles. The Balaban J connectivity index is 1.94. The summed E-state index contributed by atoms with van der Waals surface area (Å²) in [5.74, 6) is 0.0430. The van der Waals surface area contributed by atoms with Gasteiger partial charge in [0, 0.05) is 5.69 Å². The predicted octanol–water partition coefficient (Wildman–Crippen LogP) is 2.50. The maximum Gasteiger partial charge on any atom is 0.241 e. The van der Waals surface area contributed by atoms with Gasteiger partial charge in [0.15, 0.2) is 0 Å². The van der Waals surface area contributed by atoms with Crippen molar-refractivity contribution in [3.8, 4) is 0 Å². The number of amides is 1. The molecule has 0 spiro atoms. The molecule has 2 N–H and O–H groups in total. The fraction of sp³-hybridized carbons (Fsp3) is 0.533. The standard InChI is InChI=1S/C15H22N2O/c1-3-9-16-11(2)15(18)17-14-8-7-12-5-4-6-13(12)10-14/h7-8,10-11,16H,3-6,9H2,1-2H3,(H,17,18). The highest BCUT2D eigenvalue weighted by Crippen LogP contribution is 2.24. The minimum absolute atomic E-state index is 0.0430. The van der Waals surface area contributed by atoms with Crippen LogP contribution in [0.4, 0.5) is 5.69 Å². The lowest BCUT2D eigenvalue weighted by Gasteiger charge is -2.14. The number of carbonyl (C=O) groups excluding carboxylic acids is 1. The topological polar surface area (TPSA) is 41.1 Å². The monoisotopic (exact) mass is 246 g/mol. The Kier molecular flexibility index (Phi) is 4.37. The minimum Gasteiger partial charge on any atom is -0.325 e. The summed E-state index contributed by atoms with van der Waals surface area (Å²) < 4.78 is 0. The van der Waals surface area contributed by atoms with Crippen LogP contribution in [0, 0.1) is 0 Å². The Labute approximate surface area is 109 Å². The highest BCUT2D eigenvalue weighted by Gasteiger charge is 2.14.